The molecule has 0 aliphatic carbocycles. The van der Waals surface area contributed by atoms with E-state index in [9.17, 15) is 14.4 Å². The molecule has 2 amide bonds. The fourth-order valence-corrected chi connectivity index (χ4v) is 3.61. The van der Waals surface area contributed by atoms with Crippen molar-refractivity contribution in [3.63, 3.8) is 0 Å². The Balaban J connectivity index is 1.79. The number of hydrogen-bond acceptors (Lipinski definition) is 4. The van der Waals surface area contributed by atoms with Crippen LogP contribution in [0.3, 0.4) is 0 Å². The van der Waals surface area contributed by atoms with Gasteiger partial charge < -0.3 is 4.74 Å². The number of hydrogen-bond donors (Lipinski definition) is 0. The summed E-state index contributed by atoms with van der Waals surface area (Å²) in [4.78, 5) is 39.7. The second-order valence-corrected chi connectivity index (χ2v) is 7.23. The molecule has 3 aromatic rings. The van der Waals surface area contributed by atoms with Crippen LogP contribution in [0.2, 0.25) is 0 Å². The van der Waals surface area contributed by atoms with Crippen LogP contribution >= 0.6 is 0 Å². The molecule has 0 bridgehead atoms. The van der Waals surface area contributed by atoms with Crippen molar-refractivity contribution in [1.82, 2.24) is 0 Å². The summed E-state index contributed by atoms with van der Waals surface area (Å²) in [7, 11) is 0. The lowest BCUT2D eigenvalue weighted by Crippen LogP contribution is -2.41. The Morgan fingerprint density at radius 3 is 2.29 bits per heavy atom. The Labute approximate surface area is 180 Å². The van der Waals surface area contributed by atoms with Crippen molar-refractivity contribution in [1.29, 1.82) is 0 Å². The summed E-state index contributed by atoms with van der Waals surface area (Å²) < 4.78 is 5.00. The van der Waals surface area contributed by atoms with Crippen LogP contribution in [-0.4, -0.2) is 24.4 Å². The predicted octanol–water partition coefficient (Wildman–Crippen LogP) is 4.90. The van der Waals surface area contributed by atoms with E-state index in [4.69, 9.17) is 4.74 Å². The Morgan fingerprint density at radius 2 is 1.61 bits per heavy atom. The molecule has 3 aromatic carbocycles. The van der Waals surface area contributed by atoms with Gasteiger partial charge >= 0.3 is 5.97 Å². The zero-order chi connectivity index (χ0) is 22.0. The number of nitrogens with zero attached hydrogens (tertiary/aromatic N) is 1. The lowest BCUT2D eigenvalue weighted by molar-refractivity contribution is -0.112. The van der Waals surface area contributed by atoms with Crippen LogP contribution in [-0.2, 0) is 9.53 Å². The van der Waals surface area contributed by atoms with E-state index in [1.807, 2.05) is 37.3 Å². The maximum absolute atomic E-state index is 13.5. The lowest BCUT2D eigenvalue weighted by atomic mass is 9.91. The van der Waals surface area contributed by atoms with Crippen LogP contribution in [0.1, 0.15) is 44.3 Å². The SMILES string of the molecule is CCOC(=O)c1ccc(N2C(=O)/C(=C/c3cccc(C)c3)c3ccccc3C2=O)cc1. The Morgan fingerprint density at radius 1 is 0.903 bits per heavy atom. The average molecular weight is 411 g/mol. The number of benzene rings is 3. The van der Waals surface area contributed by atoms with Crippen LogP contribution < -0.4 is 4.90 Å². The minimum Gasteiger partial charge on any atom is -0.462 e. The number of rotatable bonds is 4. The normalized spacial score (nSPS) is 14.5. The zero-order valence-electron chi connectivity index (χ0n) is 17.3. The zero-order valence-corrected chi connectivity index (χ0v) is 17.3. The van der Waals surface area contributed by atoms with Gasteiger partial charge in [-0.05, 0) is 61.4 Å². The topological polar surface area (TPSA) is 63.7 Å². The van der Waals surface area contributed by atoms with Gasteiger partial charge in [-0.2, -0.15) is 0 Å². The van der Waals surface area contributed by atoms with E-state index in [-0.39, 0.29) is 6.61 Å². The van der Waals surface area contributed by atoms with Gasteiger partial charge in [0.05, 0.1) is 17.9 Å². The third kappa shape index (κ3) is 3.90. The van der Waals surface area contributed by atoms with Gasteiger partial charge in [-0.1, -0.05) is 48.0 Å². The highest BCUT2D eigenvalue weighted by atomic mass is 16.5. The molecule has 154 valence electrons. The summed E-state index contributed by atoms with van der Waals surface area (Å²) in [5.41, 5.74) is 4.22. The number of aryl methyl sites for hydroxylation is 1. The first-order chi connectivity index (χ1) is 15.0. The molecule has 0 spiro atoms. The summed E-state index contributed by atoms with van der Waals surface area (Å²) in [6.45, 7) is 3.99. The van der Waals surface area contributed by atoms with Gasteiger partial charge in [0.2, 0.25) is 0 Å². The molecule has 0 radical (unpaired) electrons. The molecule has 0 fully saturated rings. The lowest BCUT2D eigenvalue weighted by Gasteiger charge is -2.28. The van der Waals surface area contributed by atoms with Gasteiger partial charge in [-0.25, -0.2) is 9.69 Å². The molecule has 5 heteroatoms. The van der Waals surface area contributed by atoms with E-state index in [1.54, 1.807) is 55.5 Å². The number of carbonyl (C=O) groups excluding carboxylic acids is 3. The molecule has 0 saturated carbocycles. The number of esters is 1. The maximum Gasteiger partial charge on any atom is 0.338 e. The van der Waals surface area contributed by atoms with Gasteiger partial charge in [0.15, 0.2) is 0 Å². The molecule has 1 aliphatic heterocycles. The minimum atomic E-state index is -0.448. The highest BCUT2D eigenvalue weighted by Gasteiger charge is 2.35. The number of anilines is 1. The molecule has 5 nitrogen and oxygen atoms in total. The van der Waals surface area contributed by atoms with Crippen LogP contribution in [0.4, 0.5) is 5.69 Å². The quantitative estimate of drug-likeness (QED) is 0.348. The van der Waals surface area contributed by atoms with Gasteiger partial charge in [0.1, 0.15) is 0 Å². The second kappa shape index (κ2) is 8.40. The van der Waals surface area contributed by atoms with Crippen LogP contribution in [0, 0.1) is 6.92 Å². The maximum atomic E-state index is 13.5. The highest BCUT2D eigenvalue weighted by molar-refractivity contribution is 6.43. The van der Waals surface area contributed by atoms with E-state index in [0.717, 1.165) is 16.0 Å². The molecule has 0 unspecified atom stereocenters. The van der Waals surface area contributed by atoms with Crippen molar-refractivity contribution >= 4 is 35.1 Å². The number of fused-ring (bicyclic) bond motifs is 1. The number of imide groups is 1. The summed E-state index contributed by atoms with van der Waals surface area (Å²) in [6.07, 6.45) is 1.81. The molecule has 4 rings (SSSR count). The van der Waals surface area contributed by atoms with Gasteiger partial charge in [0, 0.05) is 11.1 Å². The summed E-state index contributed by atoms with van der Waals surface area (Å²) >= 11 is 0. The van der Waals surface area contributed by atoms with Crippen molar-refractivity contribution < 1.29 is 19.1 Å². The van der Waals surface area contributed by atoms with Crippen molar-refractivity contribution in [3.05, 3.63) is 101 Å². The first-order valence-corrected chi connectivity index (χ1v) is 10.0. The summed E-state index contributed by atoms with van der Waals surface area (Å²) in [5, 5.41) is 0. The fraction of sp³-hybridized carbons (Fsp3) is 0.115. The average Bonchev–Trinajstić information content (AvgIpc) is 2.77. The van der Waals surface area contributed by atoms with E-state index < -0.39 is 17.8 Å². The van der Waals surface area contributed by atoms with E-state index in [2.05, 4.69) is 0 Å². The van der Waals surface area contributed by atoms with Gasteiger partial charge in [-0.15, -0.1) is 0 Å². The second-order valence-electron chi connectivity index (χ2n) is 7.23. The number of carbonyl (C=O) groups is 3. The first kappa shape index (κ1) is 20.3. The molecule has 1 aliphatic rings. The molecular formula is C26H21NO4. The van der Waals surface area contributed by atoms with Crippen molar-refractivity contribution in [3.8, 4) is 0 Å². The van der Waals surface area contributed by atoms with E-state index in [1.165, 1.54) is 0 Å². The minimum absolute atomic E-state index is 0.271. The molecule has 0 N–H and O–H groups in total. The molecule has 1 heterocycles. The Hall–Kier alpha value is -3.99. The summed E-state index contributed by atoms with van der Waals surface area (Å²) in [6, 6.07) is 21.2. The Kier molecular flexibility index (Phi) is 5.50. The molecule has 0 atom stereocenters. The Bertz CT molecular complexity index is 1210. The van der Waals surface area contributed by atoms with Crippen LogP contribution in [0.5, 0.6) is 0 Å². The molecule has 0 saturated heterocycles. The third-order valence-corrected chi connectivity index (χ3v) is 5.07. The molecular weight excluding hydrogens is 390 g/mol. The van der Waals surface area contributed by atoms with Crippen LogP contribution in [0.25, 0.3) is 11.6 Å². The highest BCUT2D eigenvalue weighted by Crippen LogP contribution is 2.33. The molecule has 31 heavy (non-hydrogen) atoms. The number of ether oxygens (including phenoxy) is 1. The van der Waals surface area contributed by atoms with Gasteiger partial charge in [0.25, 0.3) is 11.8 Å². The summed E-state index contributed by atoms with van der Waals surface area (Å²) in [5.74, 6) is -1.25. The smallest absolute Gasteiger partial charge is 0.338 e. The standard InChI is InChI=1S/C26H21NO4/c1-3-31-26(30)19-11-13-20(14-12-19)27-24(28)22-10-5-4-9-21(22)23(25(27)29)16-18-8-6-7-17(2)15-18/h4-16H,3H2,1-2H3/b23-16+. The third-order valence-electron chi connectivity index (χ3n) is 5.07. The van der Waals surface area contributed by atoms with Gasteiger partial charge in [-0.3, -0.25) is 9.59 Å². The largest absolute Gasteiger partial charge is 0.462 e. The van der Waals surface area contributed by atoms with E-state index in [0.29, 0.717) is 28.0 Å². The van der Waals surface area contributed by atoms with E-state index >= 15 is 0 Å². The predicted molar refractivity (Wildman–Crippen MR) is 120 cm³/mol. The van der Waals surface area contributed by atoms with Crippen LogP contribution in [0.15, 0.2) is 72.8 Å². The van der Waals surface area contributed by atoms with Crippen molar-refractivity contribution in [2.75, 3.05) is 11.5 Å². The monoisotopic (exact) mass is 411 g/mol. The fourth-order valence-electron chi connectivity index (χ4n) is 3.61. The van der Waals surface area contributed by atoms with Crippen molar-refractivity contribution in [2.45, 2.75) is 13.8 Å². The molecule has 0 aromatic heterocycles. The number of amides is 2. The van der Waals surface area contributed by atoms with Crippen molar-refractivity contribution in [2.24, 2.45) is 0 Å². The first-order valence-electron chi connectivity index (χ1n) is 10.0.